The number of hydrogen-bond acceptors (Lipinski definition) is 2. The largest absolute Gasteiger partial charge is 0.346 e. The van der Waals surface area contributed by atoms with Crippen LogP contribution < -0.4 is 15.5 Å². The van der Waals surface area contributed by atoms with Crippen LogP contribution in [0.25, 0.3) is 0 Å². The Labute approximate surface area is 108 Å². The van der Waals surface area contributed by atoms with Crippen LogP contribution in [0.2, 0.25) is 0 Å². The van der Waals surface area contributed by atoms with Gasteiger partial charge in [-0.05, 0) is 12.1 Å². The quantitative estimate of drug-likeness (QED) is 0.654. The van der Waals surface area contributed by atoms with Crippen molar-refractivity contribution in [2.75, 3.05) is 31.5 Å². The molecular weight excluding hydrogens is 256 g/mol. The number of amides is 2. The second kappa shape index (κ2) is 5.75. The molecule has 0 radical (unpaired) electrons. The van der Waals surface area contributed by atoms with Gasteiger partial charge in [0.1, 0.15) is 11.6 Å². The van der Waals surface area contributed by atoms with Gasteiger partial charge in [0.25, 0.3) is 11.8 Å². The van der Waals surface area contributed by atoms with E-state index in [1.54, 1.807) is 0 Å². The molecule has 1 saturated heterocycles. The molecule has 1 aromatic carbocycles. The molecule has 1 atom stereocenters. The average molecular weight is 270 g/mol. The van der Waals surface area contributed by atoms with Crippen molar-refractivity contribution in [3.05, 3.63) is 29.8 Å². The monoisotopic (exact) mass is 270 g/mol. The Morgan fingerprint density at radius 2 is 2.21 bits per heavy atom. The minimum Gasteiger partial charge on any atom is -0.346 e. The highest BCUT2D eigenvalue weighted by Crippen LogP contribution is 2.14. The summed E-state index contributed by atoms with van der Waals surface area (Å²) in [5, 5.41) is 5.02. The summed E-state index contributed by atoms with van der Waals surface area (Å²) >= 11 is 0. The van der Waals surface area contributed by atoms with E-state index in [0.717, 1.165) is 11.0 Å². The zero-order valence-corrected chi connectivity index (χ0v) is 10.1. The van der Waals surface area contributed by atoms with E-state index in [9.17, 15) is 18.4 Å². The number of carbonyl (C=O) groups is 2. The Bertz CT molecular complexity index is 508. The van der Waals surface area contributed by atoms with Crippen LogP contribution in [0.4, 0.5) is 14.5 Å². The molecule has 1 aliphatic rings. The minimum absolute atomic E-state index is 0.0627. The smallest absolute Gasteiger partial charge is 0.279 e. The Morgan fingerprint density at radius 1 is 1.42 bits per heavy atom. The van der Waals surface area contributed by atoms with E-state index in [4.69, 9.17) is 0 Å². The van der Waals surface area contributed by atoms with Gasteiger partial charge in [-0.2, -0.15) is 0 Å². The Balaban J connectivity index is 1.92. The molecule has 0 aromatic heterocycles. The molecule has 5 nitrogen and oxygen atoms in total. The average Bonchev–Trinajstić information content (AvgIpc) is 2.33. The maximum atomic E-state index is 13.3. The first-order valence-electron chi connectivity index (χ1n) is 5.90. The molecule has 1 fully saturated rings. The molecule has 1 unspecified atom stereocenters. The maximum Gasteiger partial charge on any atom is 0.279 e. The fraction of sp³-hybridized carbons (Fsp3) is 0.333. The molecule has 0 bridgehead atoms. The number of piperazine rings is 1. The van der Waals surface area contributed by atoms with Gasteiger partial charge in [0.2, 0.25) is 0 Å². The molecule has 7 heteroatoms. The van der Waals surface area contributed by atoms with Crippen molar-refractivity contribution in [1.82, 2.24) is 5.32 Å². The molecule has 1 heterocycles. The summed E-state index contributed by atoms with van der Waals surface area (Å²) in [7, 11) is 0. The lowest BCUT2D eigenvalue weighted by molar-refractivity contribution is -0.885. The standard InChI is InChI=1S/C12H13F2N3O2/c13-8-1-2-10(9(14)5-8)16-12(19)7-17-4-3-15-11(18)6-17/h1-2,5H,3-4,6-7H2,(H,15,18)(H,16,19)/p+1. The topological polar surface area (TPSA) is 62.6 Å². The van der Waals surface area contributed by atoms with Crippen LogP contribution in [-0.4, -0.2) is 38.0 Å². The first-order valence-corrected chi connectivity index (χ1v) is 5.90. The van der Waals surface area contributed by atoms with E-state index >= 15 is 0 Å². The van der Waals surface area contributed by atoms with E-state index in [0.29, 0.717) is 19.2 Å². The molecule has 0 saturated carbocycles. The molecule has 2 amide bonds. The van der Waals surface area contributed by atoms with Gasteiger partial charge in [-0.3, -0.25) is 9.59 Å². The van der Waals surface area contributed by atoms with Crippen LogP contribution in [0.1, 0.15) is 0 Å². The number of carbonyl (C=O) groups excluding carboxylic acids is 2. The molecule has 1 aliphatic heterocycles. The maximum absolute atomic E-state index is 13.3. The molecule has 0 aliphatic carbocycles. The lowest BCUT2D eigenvalue weighted by Crippen LogP contribution is -3.16. The highest BCUT2D eigenvalue weighted by Gasteiger charge is 2.22. The number of benzene rings is 1. The molecule has 0 spiro atoms. The summed E-state index contributed by atoms with van der Waals surface area (Å²) in [6.07, 6.45) is 0. The highest BCUT2D eigenvalue weighted by atomic mass is 19.1. The number of quaternary nitrogens is 1. The van der Waals surface area contributed by atoms with Crippen LogP contribution in [0.3, 0.4) is 0 Å². The van der Waals surface area contributed by atoms with Crippen molar-refractivity contribution >= 4 is 17.5 Å². The van der Waals surface area contributed by atoms with Crippen molar-refractivity contribution in [3.8, 4) is 0 Å². The molecule has 3 N–H and O–H groups in total. The molecule has 19 heavy (non-hydrogen) atoms. The first kappa shape index (κ1) is 13.4. The van der Waals surface area contributed by atoms with Gasteiger partial charge in [-0.25, -0.2) is 8.78 Å². The van der Waals surface area contributed by atoms with Gasteiger partial charge in [0, 0.05) is 6.07 Å². The second-order valence-electron chi connectivity index (χ2n) is 4.38. The van der Waals surface area contributed by atoms with Crippen molar-refractivity contribution < 1.29 is 23.3 Å². The summed E-state index contributed by atoms with van der Waals surface area (Å²) in [6.45, 7) is 1.46. The molecule has 2 rings (SSSR count). The summed E-state index contributed by atoms with van der Waals surface area (Å²) < 4.78 is 26.0. The summed E-state index contributed by atoms with van der Waals surface area (Å²) in [5.74, 6) is -2.04. The minimum atomic E-state index is -0.820. The van der Waals surface area contributed by atoms with Crippen LogP contribution >= 0.6 is 0 Å². The van der Waals surface area contributed by atoms with Crippen molar-refractivity contribution in [2.24, 2.45) is 0 Å². The van der Waals surface area contributed by atoms with Crippen molar-refractivity contribution in [2.45, 2.75) is 0 Å². The molecule has 1 aromatic rings. The number of nitrogens with one attached hydrogen (secondary N) is 3. The van der Waals surface area contributed by atoms with Gasteiger partial charge in [-0.15, -0.1) is 0 Å². The highest BCUT2D eigenvalue weighted by molar-refractivity contribution is 5.91. The summed E-state index contributed by atoms with van der Waals surface area (Å²) in [6, 6.07) is 2.94. The van der Waals surface area contributed by atoms with E-state index < -0.39 is 17.5 Å². The zero-order valence-electron chi connectivity index (χ0n) is 10.1. The predicted octanol–water partition coefficient (Wildman–Crippen LogP) is -1.08. The van der Waals surface area contributed by atoms with E-state index in [2.05, 4.69) is 10.6 Å². The number of hydrogen-bond donors (Lipinski definition) is 3. The Morgan fingerprint density at radius 3 is 2.89 bits per heavy atom. The first-order chi connectivity index (χ1) is 9.04. The summed E-state index contributed by atoms with van der Waals surface area (Å²) in [4.78, 5) is 23.6. The van der Waals surface area contributed by atoms with Crippen LogP contribution in [0.15, 0.2) is 18.2 Å². The number of rotatable bonds is 3. The Hall–Kier alpha value is -2.02. The van der Waals surface area contributed by atoms with Crippen molar-refractivity contribution in [3.63, 3.8) is 0 Å². The second-order valence-corrected chi connectivity index (χ2v) is 4.38. The third kappa shape index (κ3) is 3.72. The van der Waals surface area contributed by atoms with Crippen molar-refractivity contribution in [1.29, 1.82) is 0 Å². The Kier molecular flexibility index (Phi) is 4.06. The number of anilines is 1. The van der Waals surface area contributed by atoms with Gasteiger partial charge in [0.15, 0.2) is 13.1 Å². The lowest BCUT2D eigenvalue weighted by atomic mass is 10.3. The lowest BCUT2D eigenvalue weighted by Gasteiger charge is -2.22. The van der Waals surface area contributed by atoms with Gasteiger partial charge in [0.05, 0.1) is 18.8 Å². The predicted molar refractivity (Wildman–Crippen MR) is 63.6 cm³/mol. The van der Waals surface area contributed by atoms with Gasteiger partial charge >= 0.3 is 0 Å². The van der Waals surface area contributed by atoms with Gasteiger partial charge in [-0.1, -0.05) is 0 Å². The van der Waals surface area contributed by atoms with Crippen LogP contribution in [0.5, 0.6) is 0 Å². The van der Waals surface area contributed by atoms with Crippen LogP contribution in [-0.2, 0) is 9.59 Å². The van der Waals surface area contributed by atoms with Gasteiger partial charge < -0.3 is 15.5 Å². The third-order valence-corrected chi connectivity index (χ3v) is 2.83. The third-order valence-electron chi connectivity index (χ3n) is 2.83. The fourth-order valence-corrected chi connectivity index (χ4v) is 1.92. The SMILES string of the molecule is O=C1C[NH+](CC(=O)Nc2ccc(F)cc2F)CCN1. The molecular formula is C12H14F2N3O2+. The fourth-order valence-electron chi connectivity index (χ4n) is 1.92. The molecule has 102 valence electrons. The number of halogens is 2. The van der Waals surface area contributed by atoms with E-state index in [-0.39, 0.29) is 24.7 Å². The van der Waals surface area contributed by atoms with Crippen LogP contribution in [0, 0.1) is 11.6 Å². The summed E-state index contributed by atoms with van der Waals surface area (Å²) in [5.41, 5.74) is -0.0627. The van der Waals surface area contributed by atoms with E-state index in [1.807, 2.05) is 0 Å². The van der Waals surface area contributed by atoms with E-state index in [1.165, 1.54) is 6.07 Å². The normalized spacial score (nSPS) is 18.8. The zero-order chi connectivity index (χ0) is 13.8.